The molecule has 0 aliphatic carbocycles. The average molecular weight is 176 g/mol. The van der Waals surface area contributed by atoms with Crippen LogP contribution in [0.4, 0.5) is 10.1 Å². The van der Waals surface area contributed by atoms with E-state index in [2.05, 4.69) is 0 Å². The van der Waals surface area contributed by atoms with Crippen LogP contribution < -0.4 is 5.73 Å². The van der Waals surface area contributed by atoms with Crippen molar-refractivity contribution in [2.75, 3.05) is 5.73 Å². The highest BCUT2D eigenvalue weighted by molar-refractivity contribution is 6.33. The van der Waals surface area contributed by atoms with Gasteiger partial charge in [0.2, 0.25) is 0 Å². The molecule has 0 fully saturated rings. The molecule has 1 aromatic carbocycles. The van der Waals surface area contributed by atoms with E-state index in [0.717, 1.165) is 0 Å². The van der Waals surface area contributed by atoms with Gasteiger partial charge in [-0.05, 0) is 24.6 Å². The first-order valence-corrected chi connectivity index (χ1v) is 3.20. The van der Waals surface area contributed by atoms with Crippen LogP contribution >= 0.6 is 11.6 Å². The normalized spacial score (nSPS) is 9.00. The Labute approximate surface area is 71.0 Å². The number of benzene rings is 1. The minimum Gasteiger partial charge on any atom is -0.397 e. The van der Waals surface area contributed by atoms with Crippen LogP contribution in [0, 0.1) is 12.7 Å². The van der Waals surface area contributed by atoms with E-state index in [-0.39, 0.29) is 18.3 Å². The molecule has 2 N–H and O–H groups in total. The minimum absolute atomic E-state index is 0. The topological polar surface area (TPSA) is 26.0 Å². The third kappa shape index (κ3) is 2.09. The van der Waals surface area contributed by atoms with Crippen molar-refractivity contribution in [3.63, 3.8) is 0 Å². The maximum absolute atomic E-state index is 12.5. The van der Waals surface area contributed by atoms with E-state index >= 15 is 0 Å². The molecule has 3 heteroatoms. The van der Waals surface area contributed by atoms with Gasteiger partial charge in [-0.1, -0.05) is 19.0 Å². The van der Waals surface area contributed by atoms with Crippen LogP contribution in [0.5, 0.6) is 0 Å². The molecule has 0 bridgehead atoms. The number of rotatable bonds is 0. The fourth-order valence-corrected chi connectivity index (χ4v) is 0.967. The monoisotopic (exact) mass is 175 g/mol. The Hall–Kier alpha value is -0.760. The Bertz CT molecular complexity index is 237. The largest absolute Gasteiger partial charge is 0.397 e. The lowest BCUT2D eigenvalue weighted by atomic mass is 10.2. The summed E-state index contributed by atoms with van der Waals surface area (Å²) < 4.78 is 12.5. The molecule has 0 aromatic heterocycles. The van der Waals surface area contributed by atoms with Crippen molar-refractivity contribution < 1.29 is 4.39 Å². The van der Waals surface area contributed by atoms with Crippen LogP contribution in [0.1, 0.15) is 13.0 Å². The van der Waals surface area contributed by atoms with Crippen molar-refractivity contribution in [1.29, 1.82) is 0 Å². The van der Waals surface area contributed by atoms with Crippen LogP contribution in [0.25, 0.3) is 0 Å². The van der Waals surface area contributed by atoms with Crippen molar-refractivity contribution in [2.45, 2.75) is 14.4 Å². The van der Waals surface area contributed by atoms with Gasteiger partial charge in [0, 0.05) is 0 Å². The smallest absolute Gasteiger partial charge is 0.125 e. The molecule has 1 rings (SSSR count). The van der Waals surface area contributed by atoms with Gasteiger partial charge in [-0.25, -0.2) is 4.39 Å². The lowest BCUT2D eigenvalue weighted by Crippen LogP contribution is -1.91. The Morgan fingerprint density at radius 1 is 1.45 bits per heavy atom. The van der Waals surface area contributed by atoms with Crippen LogP contribution in [0.2, 0.25) is 5.02 Å². The highest BCUT2D eigenvalue weighted by Crippen LogP contribution is 2.22. The first-order chi connectivity index (χ1) is 4.61. The molecule has 1 aromatic rings. The van der Waals surface area contributed by atoms with Gasteiger partial charge in [-0.2, -0.15) is 0 Å². The highest BCUT2D eigenvalue weighted by atomic mass is 35.5. The van der Waals surface area contributed by atoms with Gasteiger partial charge in [0.15, 0.2) is 0 Å². The van der Waals surface area contributed by atoms with E-state index in [1.54, 1.807) is 6.92 Å². The summed E-state index contributed by atoms with van der Waals surface area (Å²) in [5.74, 6) is -0.350. The number of aryl methyl sites for hydroxylation is 1. The summed E-state index contributed by atoms with van der Waals surface area (Å²) in [5.41, 5.74) is 6.57. The molecule has 0 saturated heterocycles. The zero-order valence-corrected chi connectivity index (χ0v) is 6.24. The molecule has 0 saturated carbocycles. The van der Waals surface area contributed by atoms with Gasteiger partial charge in [0.1, 0.15) is 5.82 Å². The Morgan fingerprint density at radius 3 is 2.45 bits per heavy atom. The number of hydrogen-bond donors (Lipinski definition) is 1. The van der Waals surface area contributed by atoms with Gasteiger partial charge < -0.3 is 5.73 Å². The molecule has 0 atom stereocenters. The van der Waals surface area contributed by atoms with Gasteiger partial charge in [-0.3, -0.25) is 0 Å². The number of halogens is 2. The first kappa shape index (κ1) is 10.2. The molecule has 0 heterocycles. The summed E-state index contributed by atoms with van der Waals surface area (Å²) in [6, 6.07) is 2.55. The highest BCUT2D eigenvalue weighted by Gasteiger charge is 2.01. The zero-order valence-electron chi connectivity index (χ0n) is 5.49. The number of nitrogens with two attached hydrogens (primary N) is 1. The quantitative estimate of drug-likeness (QED) is 0.603. The molecule has 0 aliphatic rings. The van der Waals surface area contributed by atoms with Crippen LogP contribution in [-0.2, 0) is 0 Å². The van der Waals surface area contributed by atoms with Crippen LogP contribution in [0.3, 0.4) is 0 Å². The number of hydrogen-bond acceptors (Lipinski definition) is 1. The molecule has 0 radical (unpaired) electrons. The summed E-state index contributed by atoms with van der Waals surface area (Å²) in [5, 5.41) is 0.275. The first-order valence-electron chi connectivity index (χ1n) is 2.82. The van der Waals surface area contributed by atoms with Crippen molar-refractivity contribution in [2.24, 2.45) is 0 Å². The molecule has 0 amide bonds. The van der Waals surface area contributed by atoms with E-state index in [1.165, 1.54) is 12.1 Å². The van der Waals surface area contributed by atoms with Gasteiger partial charge in [0.05, 0.1) is 10.7 Å². The van der Waals surface area contributed by atoms with Gasteiger partial charge >= 0.3 is 0 Å². The van der Waals surface area contributed by atoms with Crippen molar-refractivity contribution in [3.05, 3.63) is 28.5 Å². The van der Waals surface area contributed by atoms with E-state index < -0.39 is 0 Å². The maximum atomic E-state index is 12.5. The fourth-order valence-electron chi connectivity index (χ4n) is 0.713. The molecular weight excluding hydrogens is 165 g/mol. The van der Waals surface area contributed by atoms with E-state index in [0.29, 0.717) is 11.3 Å². The summed E-state index contributed by atoms with van der Waals surface area (Å²) in [6.45, 7) is 1.71. The lowest BCUT2D eigenvalue weighted by molar-refractivity contribution is 0.627. The van der Waals surface area contributed by atoms with E-state index in [9.17, 15) is 4.39 Å². The second kappa shape index (κ2) is 3.58. The molecule has 11 heavy (non-hydrogen) atoms. The fraction of sp³-hybridized carbons (Fsp3) is 0.250. The minimum atomic E-state index is -0.350. The zero-order chi connectivity index (χ0) is 7.72. The SMILES string of the molecule is C.Cc1cc(F)cc(Cl)c1N. The Balaban J connectivity index is 0.000001000. The number of anilines is 1. The molecule has 0 spiro atoms. The van der Waals surface area contributed by atoms with Crippen LogP contribution in [0.15, 0.2) is 12.1 Å². The van der Waals surface area contributed by atoms with Crippen LogP contribution in [-0.4, -0.2) is 0 Å². The molecule has 1 nitrogen and oxygen atoms in total. The van der Waals surface area contributed by atoms with E-state index in [4.69, 9.17) is 17.3 Å². The van der Waals surface area contributed by atoms with E-state index in [1.807, 2.05) is 0 Å². The second-order valence-corrected chi connectivity index (χ2v) is 2.53. The molecule has 0 aliphatic heterocycles. The predicted octanol–water partition coefficient (Wildman–Crippen LogP) is 3.01. The average Bonchev–Trinajstić information content (AvgIpc) is 1.82. The molecule has 62 valence electrons. The maximum Gasteiger partial charge on any atom is 0.125 e. The van der Waals surface area contributed by atoms with Crippen molar-refractivity contribution in [3.8, 4) is 0 Å². The van der Waals surface area contributed by atoms with Crippen molar-refractivity contribution in [1.82, 2.24) is 0 Å². The van der Waals surface area contributed by atoms with Crippen molar-refractivity contribution >= 4 is 17.3 Å². The summed E-state index contributed by atoms with van der Waals surface area (Å²) in [4.78, 5) is 0. The summed E-state index contributed by atoms with van der Waals surface area (Å²) in [7, 11) is 0. The van der Waals surface area contributed by atoms with Gasteiger partial charge in [-0.15, -0.1) is 0 Å². The molecule has 0 unspecified atom stereocenters. The van der Waals surface area contributed by atoms with Gasteiger partial charge in [0.25, 0.3) is 0 Å². The predicted molar refractivity (Wildman–Crippen MR) is 47.3 cm³/mol. The Morgan fingerprint density at radius 2 is 2.00 bits per heavy atom. The summed E-state index contributed by atoms with van der Waals surface area (Å²) >= 11 is 5.55. The summed E-state index contributed by atoms with van der Waals surface area (Å²) in [6.07, 6.45) is 0. The standard InChI is InChI=1S/C7H7ClFN.CH4/c1-4-2-5(9)3-6(8)7(4)10;/h2-3H,10H2,1H3;1H4. The number of nitrogen functional groups attached to an aromatic ring is 1. The third-order valence-electron chi connectivity index (χ3n) is 1.30. The lowest BCUT2D eigenvalue weighted by Gasteiger charge is -2.00. The molecular formula is C8H11ClFN. The second-order valence-electron chi connectivity index (χ2n) is 2.12. The third-order valence-corrected chi connectivity index (χ3v) is 1.61. The Kier molecular flexibility index (Phi) is 3.33.